The molecular formula is C13H18O3. The maximum atomic E-state index is 10.7. The smallest absolute Gasteiger partial charge is 0.306 e. The lowest BCUT2D eigenvalue weighted by Crippen LogP contribution is -2.13. The number of hydrogen-bond donors (Lipinski definition) is 2. The quantitative estimate of drug-likeness (QED) is 0.804. The summed E-state index contributed by atoms with van der Waals surface area (Å²) in [5.74, 6) is -1.40. The molecule has 0 aliphatic carbocycles. The van der Waals surface area contributed by atoms with E-state index in [0.29, 0.717) is 0 Å². The lowest BCUT2D eigenvalue weighted by Gasteiger charge is -2.14. The predicted molar refractivity (Wildman–Crippen MR) is 62.2 cm³/mol. The highest BCUT2D eigenvalue weighted by Gasteiger charge is 2.17. The second kappa shape index (κ2) is 5.66. The van der Waals surface area contributed by atoms with Gasteiger partial charge >= 0.3 is 5.97 Å². The number of hydrogen-bond acceptors (Lipinski definition) is 2. The third kappa shape index (κ3) is 3.35. The van der Waals surface area contributed by atoms with Crippen LogP contribution in [0.2, 0.25) is 0 Å². The first kappa shape index (κ1) is 12.7. The number of carboxylic acid groups (broad SMARTS) is 1. The fourth-order valence-corrected chi connectivity index (χ4v) is 1.55. The first-order chi connectivity index (χ1) is 7.54. The Bertz CT molecular complexity index is 343. The fourth-order valence-electron chi connectivity index (χ4n) is 1.55. The van der Waals surface area contributed by atoms with Crippen molar-refractivity contribution in [2.45, 2.75) is 32.8 Å². The van der Waals surface area contributed by atoms with Crippen molar-refractivity contribution in [3.63, 3.8) is 0 Å². The van der Waals surface area contributed by atoms with Gasteiger partial charge in [0.2, 0.25) is 0 Å². The van der Waals surface area contributed by atoms with E-state index in [1.54, 1.807) is 6.92 Å². The van der Waals surface area contributed by atoms with Crippen molar-refractivity contribution in [3.05, 3.63) is 35.4 Å². The van der Waals surface area contributed by atoms with Crippen molar-refractivity contribution in [3.8, 4) is 0 Å². The van der Waals surface area contributed by atoms with Crippen LogP contribution in [0.4, 0.5) is 0 Å². The maximum absolute atomic E-state index is 10.7. The number of aryl methyl sites for hydroxylation is 1. The standard InChI is InChI=1S/C13H18O3/c1-3-10-4-6-11(7-5-10)12(14)8-9(2)13(15)16/h4-7,9,12,14H,3,8H2,1-2H3,(H,15,16). The van der Waals surface area contributed by atoms with Crippen LogP contribution < -0.4 is 0 Å². The van der Waals surface area contributed by atoms with Gasteiger partial charge in [0, 0.05) is 0 Å². The summed E-state index contributed by atoms with van der Waals surface area (Å²) in [6, 6.07) is 7.64. The normalized spacial score (nSPS) is 14.4. The van der Waals surface area contributed by atoms with Crippen molar-refractivity contribution in [2.75, 3.05) is 0 Å². The Morgan fingerprint density at radius 1 is 1.31 bits per heavy atom. The number of carbonyl (C=O) groups is 1. The molecule has 1 aromatic rings. The minimum atomic E-state index is -0.871. The largest absolute Gasteiger partial charge is 0.481 e. The van der Waals surface area contributed by atoms with Crippen molar-refractivity contribution in [2.24, 2.45) is 5.92 Å². The fraction of sp³-hybridized carbons (Fsp3) is 0.462. The molecule has 0 amide bonds. The van der Waals surface area contributed by atoms with Crippen LogP contribution in [0.5, 0.6) is 0 Å². The molecule has 0 radical (unpaired) electrons. The van der Waals surface area contributed by atoms with E-state index < -0.39 is 18.0 Å². The summed E-state index contributed by atoms with van der Waals surface area (Å²) >= 11 is 0. The van der Waals surface area contributed by atoms with E-state index in [1.165, 1.54) is 5.56 Å². The van der Waals surface area contributed by atoms with Crippen LogP contribution in [-0.4, -0.2) is 16.2 Å². The lowest BCUT2D eigenvalue weighted by molar-refractivity contribution is -0.142. The number of benzene rings is 1. The van der Waals surface area contributed by atoms with E-state index >= 15 is 0 Å². The first-order valence-electron chi connectivity index (χ1n) is 5.54. The molecule has 16 heavy (non-hydrogen) atoms. The summed E-state index contributed by atoms with van der Waals surface area (Å²) in [6.45, 7) is 3.67. The minimum absolute atomic E-state index is 0.251. The summed E-state index contributed by atoms with van der Waals surface area (Å²) < 4.78 is 0. The lowest BCUT2D eigenvalue weighted by atomic mass is 9.97. The zero-order valence-electron chi connectivity index (χ0n) is 9.68. The van der Waals surface area contributed by atoms with Gasteiger partial charge in [-0.1, -0.05) is 38.1 Å². The SMILES string of the molecule is CCc1ccc(C(O)CC(C)C(=O)O)cc1. The Kier molecular flexibility index (Phi) is 4.50. The minimum Gasteiger partial charge on any atom is -0.481 e. The van der Waals surface area contributed by atoms with E-state index in [9.17, 15) is 9.90 Å². The van der Waals surface area contributed by atoms with Crippen LogP contribution in [0.15, 0.2) is 24.3 Å². The Hall–Kier alpha value is -1.35. The van der Waals surface area contributed by atoms with Gasteiger partial charge in [0.25, 0.3) is 0 Å². The molecule has 88 valence electrons. The molecule has 2 atom stereocenters. The number of aliphatic hydroxyl groups excluding tert-OH is 1. The molecule has 0 saturated heterocycles. The van der Waals surface area contributed by atoms with E-state index in [-0.39, 0.29) is 6.42 Å². The molecule has 0 bridgehead atoms. The molecule has 2 N–H and O–H groups in total. The zero-order chi connectivity index (χ0) is 12.1. The predicted octanol–water partition coefficient (Wildman–Crippen LogP) is 2.39. The maximum Gasteiger partial charge on any atom is 0.306 e. The van der Waals surface area contributed by atoms with Gasteiger partial charge < -0.3 is 10.2 Å². The van der Waals surface area contributed by atoms with Crippen LogP contribution in [0.3, 0.4) is 0 Å². The first-order valence-corrected chi connectivity index (χ1v) is 5.54. The molecule has 3 heteroatoms. The Labute approximate surface area is 95.7 Å². The van der Waals surface area contributed by atoms with Crippen LogP contribution in [0, 0.1) is 5.92 Å². The van der Waals surface area contributed by atoms with E-state index in [0.717, 1.165) is 12.0 Å². The molecule has 0 spiro atoms. The number of rotatable bonds is 5. The van der Waals surface area contributed by atoms with Gasteiger partial charge in [0.15, 0.2) is 0 Å². The number of carboxylic acids is 1. The van der Waals surface area contributed by atoms with Gasteiger partial charge in [-0.15, -0.1) is 0 Å². The third-order valence-electron chi connectivity index (χ3n) is 2.77. The van der Waals surface area contributed by atoms with Gasteiger partial charge in [-0.25, -0.2) is 0 Å². The average Bonchev–Trinajstić information content (AvgIpc) is 2.28. The molecule has 0 aliphatic rings. The molecule has 0 aromatic heterocycles. The highest BCUT2D eigenvalue weighted by molar-refractivity contribution is 5.69. The molecule has 2 unspecified atom stereocenters. The number of aliphatic hydroxyl groups is 1. The van der Waals surface area contributed by atoms with Crippen molar-refractivity contribution in [1.82, 2.24) is 0 Å². The summed E-state index contributed by atoms with van der Waals surface area (Å²) in [5, 5.41) is 18.6. The zero-order valence-corrected chi connectivity index (χ0v) is 9.68. The van der Waals surface area contributed by atoms with Crippen molar-refractivity contribution in [1.29, 1.82) is 0 Å². The Morgan fingerprint density at radius 2 is 1.88 bits per heavy atom. The van der Waals surface area contributed by atoms with E-state index in [2.05, 4.69) is 6.92 Å². The van der Waals surface area contributed by atoms with Crippen LogP contribution in [0.1, 0.15) is 37.5 Å². The highest BCUT2D eigenvalue weighted by atomic mass is 16.4. The van der Waals surface area contributed by atoms with Gasteiger partial charge in [-0.3, -0.25) is 4.79 Å². The molecule has 0 aliphatic heterocycles. The second-order valence-electron chi connectivity index (χ2n) is 4.09. The van der Waals surface area contributed by atoms with Gasteiger partial charge in [0.05, 0.1) is 12.0 Å². The highest BCUT2D eigenvalue weighted by Crippen LogP contribution is 2.21. The van der Waals surface area contributed by atoms with Gasteiger partial charge in [0.1, 0.15) is 0 Å². The average molecular weight is 222 g/mol. The summed E-state index contributed by atoms with van der Waals surface area (Å²) in [6.07, 6.45) is 0.514. The van der Waals surface area contributed by atoms with Crippen molar-refractivity contribution >= 4 is 5.97 Å². The molecule has 0 saturated carbocycles. The summed E-state index contributed by atoms with van der Waals surface area (Å²) in [4.78, 5) is 10.7. The van der Waals surface area contributed by atoms with Crippen LogP contribution in [0.25, 0.3) is 0 Å². The summed E-state index contributed by atoms with van der Waals surface area (Å²) in [5.41, 5.74) is 1.99. The monoisotopic (exact) mass is 222 g/mol. The molecule has 3 nitrogen and oxygen atoms in total. The number of aliphatic carboxylic acids is 1. The van der Waals surface area contributed by atoms with E-state index in [1.807, 2.05) is 24.3 Å². The van der Waals surface area contributed by atoms with Crippen LogP contribution in [-0.2, 0) is 11.2 Å². The van der Waals surface area contributed by atoms with Crippen LogP contribution >= 0.6 is 0 Å². The molecular weight excluding hydrogens is 204 g/mol. The Morgan fingerprint density at radius 3 is 2.31 bits per heavy atom. The second-order valence-corrected chi connectivity index (χ2v) is 4.09. The van der Waals surface area contributed by atoms with Gasteiger partial charge in [-0.2, -0.15) is 0 Å². The van der Waals surface area contributed by atoms with E-state index in [4.69, 9.17) is 5.11 Å². The summed E-state index contributed by atoms with van der Waals surface area (Å²) in [7, 11) is 0. The Balaban J connectivity index is 2.65. The molecule has 1 aromatic carbocycles. The van der Waals surface area contributed by atoms with Crippen molar-refractivity contribution < 1.29 is 15.0 Å². The third-order valence-corrected chi connectivity index (χ3v) is 2.77. The molecule has 1 rings (SSSR count). The molecule has 0 fully saturated rings. The topological polar surface area (TPSA) is 57.5 Å². The molecule has 0 heterocycles. The van der Waals surface area contributed by atoms with Gasteiger partial charge in [-0.05, 0) is 24.0 Å².